The normalized spacial score (nSPS) is 12.7. The van der Waals surface area contributed by atoms with Crippen LogP contribution in [0.1, 0.15) is 25.8 Å². The van der Waals surface area contributed by atoms with Crippen LogP contribution in [0.25, 0.3) is 10.6 Å². The zero-order chi connectivity index (χ0) is 15.2. The van der Waals surface area contributed by atoms with Crippen molar-refractivity contribution in [2.75, 3.05) is 6.54 Å². The van der Waals surface area contributed by atoms with Gasteiger partial charge < -0.3 is 10.4 Å². The Kier molecular flexibility index (Phi) is 5.52. The molecule has 2 heterocycles. The Morgan fingerprint density at radius 2 is 2.33 bits per heavy atom. The van der Waals surface area contributed by atoms with E-state index in [1.54, 1.807) is 17.5 Å². The summed E-state index contributed by atoms with van der Waals surface area (Å²) in [7, 11) is 0. The molecule has 0 aliphatic carbocycles. The van der Waals surface area contributed by atoms with Gasteiger partial charge in [0.05, 0.1) is 22.7 Å². The quantitative estimate of drug-likeness (QED) is 0.700. The molecule has 21 heavy (non-hydrogen) atoms. The van der Waals surface area contributed by atoms with Crippen molar-refractivity contribution in [3.05, 3.63) is 29.3 Å². The molecular weight excluding hydrogens is 286 g/mol. The number of aliphatic carboxylic acids is 1. The van der Waals surface area contributed by atoms with E-state index in [4.69, 9.17) is 0 Å². The van der Waals surface area contributed by atoms with Gasteiger partial charge in [0, 0.05) is 18.7 Å². The van der Waals surface area contributed by atoms with E-state index in [0.717, 1.165) is 16.1 Å². The van der Waals surface area contributed by atoms with Crippen LogP contribution in [0, 0.1) is 11.8 Å². The van der Waals surface area contributed by atoms with Crippen molar-refractivity contribution >= 4 is 17.3 Å². The SMILES string of the molecule is CC(C)CC(CNCc1cn[nH]c1-c1cccs1)C(=O)O. The molecule has 5 nitrogen and oxygen atoms in total. The number of carbonyl (C=O) groups is 1. The van der Waals surface area contributed by atoms with Gasteiger partial charge in [-0.25, -0.2) is 0 Å². The fraction of sp³-hybridized carbons (Fsp3) is 0.467. The monoisotopic (exact) mass is 307 g/mol. The molecule has 1 unspecified atom stereocenters. The third-order valence-electron chi connectivity index (χ3n) is 3.30. The Morgan fingerprint density at radius 3 is 2.95 bits per heavy atom. The minimum absolute atomic E-state index is 0.345. The number of nitrogens with one attached hydrogen (secondary N) is 2. The first-order chi connectivity index (χ1) is 10.1. The average Bonchev–Trinajstić information content (AvgIpc) is 3.07. The minimum Gasteiger partial charge on any atom is -0.481 e. The van der Waals surface area contributed by atoms with Crippen LogP contribution < -0.4 is 5.32 Å². The van der Waals surface area contributed by atoms with E-state index in [0.29, 0.717) is 25.4 Å². The standard InChI is InChI=1S/C15H21N3O2S/c1-10(2)6-11(15(19)20)7-16-8-12-9-17-18-14(12)13-4-3-5-21-13/h3-5,9-11,16H,6-8H2,1-2H3,(H,17,18)(H,19,20). The minimum atomic E-state index is -0.734. The van der Waals surface area contributed by atoms with Gasteiger partial charge in [0.2, 0.25) is 0 Å². The number of rotatable bonds is 8. The molecule has 114 valence electrons. The maximum atomic E-state index is 11.2. The van der Waals surface area contributed by atoms with Crippen molar-refractivity contribution in [1.29, 1.82) is 0 Å². The lowest BCUT2D eigenvalue weighted by atomic mass is 9.97. The molecule has 0 spiro atoms. The average molecular weight is 307 g/mol. The molecule has 2 aromatic heterocycles. The van der Waals surface area contributed by atoms with Crippen molar-refractivity contribution < 1.29 is 9.90 Å². The van der Waals surface area contributed by atoms with E-state index >= 15 is 0 Å². The number of aromatic amines is 1. The first-order valence-corrected chi connectivity index (χ1v) is 7.95. The van der Waals surface area contributed by atoms with Gasteiger partial charge in [-0.15, -0.1) is 11.3 Å². The predicted octanol–water partition coefficient (Wildman–Crippen LogP) is 2.97. The van der Waals surface area contributed by atoms with Gasteiger partial charge in [-0.1, -0.05) is 19.9 Å². The van der Waals surface area contributed by atoms with Crippen LogP contribution in [0.2, 0.25) is 0 Å². The maximum absolute atomic E-state index is 11.2. The van der Waals surface area contributed by atoms with E-state index < -0.39 is 5.97 Å². The molecule has 6 heteroatoms. The molecule has 0 aromatic carbocycles. The third kappa shape index (κ3) is 4.41. The number of nitrogens with zero attached hydrogens (tertiary/aromatic N) is 1. The fourth-order valence-electron chi connectivity index (χ4n) is 2.30. The Balaban J connectivity index is 1.92. The fourth-order valence-corrected chi connectivity index (χ4v) is 3.06. The largest absolute Gasteiger partial charge is 0.481 e. The van der Waals surface area contributed by atoms with Gasteiger partial charge in [0.15, 0.2) is 0 Å². The number of carboxylic acids is 1. The predicted molar refractivity (Wildman–Crippen MR) is 84.2 cm³/mol. The molecule has 2 rings (SSSR count). The van der Waals surface area contributed by atoms with Crippen molar-refractivity contribution in [3.63, 3.8) is 0 Å². The van der Waals surface area contributed by atoms with Crippen molar-refractivity contribution in [2.24, 2.45) is 11.8 Å². The number of aromatic nitrogens is 2. The van der Waals surface area contributed by atoms with Crippen LogP contribution in [0.3, 0.4) is 0 Å². The topological polar surface area (TPSA) is 78.0 Å². The molecule has 0 aliphatic heterocycles. The smallest absolute Gasteiger partial charge is 0.307 e. The summed E-state index contributed by atoms with van der Waals surface area (Å²) in [5.41, 5.74) is 2.07. The number of hydrogen-bond acceptors (Lipinski definition) is 4. The first-order valence-electron chi connectivity index (χ1n) is 7.07. The molecule has 0 radical (unpaired) electrons. The van der Waals surface area contributed by atoms with Crippen molar-refractivity contribution in [3.8, 4) is 10.6 Å². The van der Waals surface area contributed by atoms with Crippen LogP contribution >= 0.6 is 11.3 Å². The summed E-state index contributed by atoms with van der Waals surface area (Å²) in [5.74, 6) is -0.701. The van der Waals surface area contributed by atoms with Crippen LogP contribution in [0.15, 0.2) is 23.7 Å². The summed E-state index contributed by atoms with van der Waals surface area (Å²) >= 11 is 1.65. The molecule has 0 aliphatic rings. The summed E-state index contributed by atoms with van der Waals surface area (Å²) in [4.78, 5) is 12.4. The molecular formula is C15H21N3O2S. The van der Waals surface area contributed by atoms with Gasteiger partial charge in [0.25, 0.3) is 0 Å². The van der Waals surface area contributed by atoms with Crippen LogP contribution in [0.4, 0.5) is 0 Å². The highest BCUT2D eigenvalue weighted by Crippen LogP contribution is 2.25. The highest BCUT2D eigenvalue weighted by atomic mass is 32.1. The van der Waals surface area contributed by atoms with E-state index in [-0.39, 0.29) is 5.92 Å². The Morgan fingerprint density at radius 1 is 1.52 bits per heavy atom. The molecule has 0 saturated heterocycles. The molecule has 0 saturated carbocycles. The van der Waals surface area contributed by atoms with Crippen LogP contribution in [-0.2, 0) is 11.3 Å². The Hall–Kier alpha value is -1.66. The molecule has 0 fully saturated rings. The second-order valence-electron chi connectivity index (χ2n) is 5.54. The van der Waals surface area contributed by atoms with E-state index in [2.05, 4.69) is 15.5 Å². The lowest BCUT2D eigenvalue weighted by Crippen LogP contribution is -2.29. The summed E-state index contributed by atoms with van der Waals surface area (Å²) < 4.78 is 0. The Bertz CT molecular complexity index is 563. The van der Waals surface area contributed by atoms with Crippen molar-refractivity contribution in [2.45, 2.75) is 26.8 Å². The van der Waals surface area contributed by atoms with E-state index in [1.165, 1.54) is 0 Å². The number of carboxylic acid groups (broad SMARTS) is 1. The zero-order valence-electron chi connectivity index (χ0n) is 12.3. The molecule has 2 aromatic rings. The number of thiophene rings is 1. The van der Waals surface area contributed by atoms with Gasteiger partial charge >= 0.3 is 5.97 Å². The first kappa shape index (κ1) is 15.7. The molecule has 1 atom stereocenters. The molecule has 0 amide bonds. The molecule has 3 N–H and O–H groups in total. The summed E-state index contributed by atoms with van der Waals surface area (Å²) in [6.07, 6.45) is 2.48. The van der Waals surface area contributed by atoms with E-state index in [1.807, 2.05) is 31.4 Å². The number of hydrogen-bond donors (Lipinski definition) is 3. The second-order valence-corrected chi connectivity index (χ2v) is 6.49. The van der Waals surface area contributed by atoms with Gasteiger partial charge in [-0.05, 0) is 23.8 Å². The van der Waals surface area contributed by atoms with Crippen LogP contribution in [-0.4, -0.2) is 27.8 Å². The zero-order valence-corrected chi connectivity index (χ0v) is 13.1. The number of H-pyrrole nitrogens is 1. The highest BCUT2D eigenvalue weighted by Gasteiger charge is 2.18. The lowest BCUT2D eigenvalue weighted by Gasteiger charge is -2.15. The van der Waals surface area contributed by atoms with E-state index in [9.17, 15) is 9.90 Å². The lowest BCUT2D eigenvalue weighted by molar-refractivity contribution is -0.142. The second kappa shape index (κ2) is 7.38. The van der Waals surface area contributed by atoms with Crippen LogP contribution in [0.5, 0.6) is 0 Å². The summed E-state index contributed by atoms with van der Waals surface area (Å²) in [5, 5.41) is 21.6. The Labute approximate surface area is 128 Å². The summed E-state index contributed by atoms with van der Waals surface area (Å²) in [6, 6.07) is 4.04. The van der Waals surface area contributed by atoms with Gasteiger partial charge in [-0.3, -0.25) is 9.89 Å². The maximum Gasteiger partial charge on any atom is 0.307 e. The molecule has 0 bridgehead atoms. The van der Waals surface area contributed by atoms with Gasteiger partial charge in [0.1, 0.15) is 0 Å². The van der Waals surface area contributed by atoms with Gasteiger partial charge in [-0.2, -0.15) is 5.10 Å². The third-order valence-corrected chi connectivity index (χ3v) is 4.18. The van der Waals surface area contributed by atoms with Crippen molar-refractivity contribution in [1.82, 2.24) is 15.5 Å². The highest BCUT2D eigenvalue weighted by molar-refractivity contribution is 7.13. The summed E-state index contributed by atoms with van der Waals surface area (Å²) in [6.45, 7) is 5.18.